The molecule has 0 aromatic heterocycles. The molecule has 0 amide bonds. The molecule has 2 aliphatic rings. The van der Waals surface area contributed by atoms with Crippen molar-refractivity contribution in [3.63, 3.8) is 0 Å². The maximum Gasteiger partial charge on any atom is 0.0263 e. The van der Waals surface area contributed by atoms with E-state index in [9.17, 15) is 0 Å². The lowest BCUT2D eigenvalue weighted by atomic mass is 9.83. The summed E-state index contributed by atoms with van der Waals surface area (Å²) in [5, 5.41) is 3.58. The second kappa shape index (κ2) is 5.05. The first-order valence-corrected chi connectivity index (χ1v) is 7.10. The van der Waals surface area contributed by atoms with Crippen LogP contribution < -0.4 is 5.32 Å². The molecule has 5 unspecified atom stereocenters. The molecule has 2 nitrogen and oxygen atoms in total. The Balaban J connectivity index is 2.06. The Morgan fingerprint density at radius 3 is 2.62 bits per heavy atom. The molecule has 2 aliphatic heterocycles. The molecule has 2 heteroatoms. The van der Waals surface area contributed by atoms with Crippen molar-refractivity contribution in [3.8, 4) is 0 Å². The fraction of sp³-hybridized carbons (Fsp3) is 1.00. The molecule has 0 saturated carbocycles. The number of rotatable bonds is 2. The van der Waals surface area contributed by atoms with E-state index < -0.39 is 0 Å². The lowest BCUT2D eigenvalue weighted by Gasteiger charge is -2.45. The van der Waals surface area contributed by atoms with Crippen molar-refractivity contribution in [2.45, 2.75) is 52.6 Å². The summed E-state index contributed by atoms with van der Waals surface area (Å²) in [6.45, 7) is 13.4. The van der Waals surface area contributed by atoms with Gasteiger partial charge in [0, 0.05) is 25.2 Å². The van der Waals surface area contributed by atoms with Gasteiger partial charge in [-0.05, 0) is 37.6 Å². The second-order valence-electron chi connectivity index (χ2n) is 6.15. The molecular weight excluding hydrogens is 196 g/mol. The van der Waals surface area contributed by atoms with Crippen LogP contribution in [0.5, 0.6) is 0 Å². The summed E-state index contributed by atoms with van der Waals surface area (Å²) in [5.41, 5.74) is 0. The van der Waals surface area contributed by atoms with Gasteiger partial charge in [-0.2, -0.15) is 0 Å². The fourth-order valence-corrected chi connectivity index (χ4v) is 3.72. The minimum Gasteiger partial charge on any atom is -0.315 e. The molecule has 0 aliphatic carbocycles. The van der Waals surface area contributed by atoms with E-state index in [4.69, 9.17) is 0 Å². The van der Waals surface area contributed by atoms with Crippen LogP contribution in [0.2, 0.25) is 0 Å². The standard InChI is InChI=1S/C14H28N2/c1-5-13-7-15-8-14(13)16-9-10(2)6-11(3)12(16)4/h10-15H,5-9H2,1-4H3. The van der Waals surface area contributed by atoms with Crippen LogP contribution in [0, 0.1) is 17.8 Å². The lowest BCUT2D eigenvalue weighted by Crippen LogP contribution is -2.53. The smallest absolute Gasteiger partial charge is 0.0263 e. The highest BCUT2D eigenvalue weighted by atomic mass is 15.2. The van der Waals surface area contributed by atoms with Crippen molar-refractivity contribution in [3.05, 3.63) is 0 Å². The zero-order valence-corrected chi connectivity index (χ0v) is 11.4. The van der Waals surface area contributed by atoms with Gasteiger partial charge >= 0.3 is 0 Å². The first-order valence-electron chi connectivity index (χ1n) is 7.10. The Labute approximate surface area is 101 Å². The van der Waals surface area contributed by atoms with Crippen LogP contribution in [0.3, 0.4) is 0 Å². The van der Waals surface area contributed by atoms with Gasteiger partial charge in [0.05, 0.1) is 0 Å². The van der Waals surface area contributed by atoms with E-state index in [1.54, 1.807) is 0 Å². The van der Waals surface area contributed by atoms with E-state index in [0.29, 0.717) is 0 Å². The van der Waals surface area contributed by atoms with E-state index in [0.717, 1.165) is 29.8 Å². The SMILES string of the molecule is CCC1CNCC1N1CC(C)CC(C)C1C. The van der Waals surface area contributed by atoms with Crippen LogP contribution in [0.4, 0.5) is 0 Å². The molecule has 0 aromatic carbocycles. The van der Waals surface area contributed by atoms with Gasteiger partial charge in [0.2, 0.25) is 0 Å². The Morgan fingerprint density at radius 1 is 1.19 bits per heavy atom. The van der Waals surface area contributed by atoms with E-state index >= 15 is 0 Å². The third-order valence-electron chi connectivity index (χ3n) is 4.90. The summed E-state index contributed by atoms with van der Waals surface area (Å²) >= 11 is 0. The van der Waals surface area contributed by atoms with Crippen LogP contribution in [0.25, 0.3) is 0 Å². The number of hydrogen-bond donors (Lipinski definition) is 1. The first-order chi connectivity index (χ1) is 7.63. The highest BCUT2D eigenvalue weighted by Crippen LogP contribution is 2.32. The fourth-order valence-electron chi connectivity index (χ4n) is 3.72. The van der Waals surface area contributed by atoms with Gasteiger partial charge in [0.25, 0.3) is 0 Å². The molecule has 16 heavy (non-hydrogen) atoms. The maximum atomic E-state index is 3.58. The quantitative estimate of drug-likeness (QED) is 0.774. The zero-order valence-electron chi connectivity index (χ0n) is 11.4. The molecule has 0 aromatic rings. The van der Waals surface area contributed by atoms with Crippen LogP contribution in [-0.4, -0.2) is 36.6 Å². The van der Waals surface area contributed by atoms with E-state index in [-0.39, 0.29) is 0 Å². The summed E-state index contributed by atoms with van der Waals surface area (Å²) in [6.07, 6.45) is 2.73. The monoisotopic (exact) mass is 224 g/mol. The topological polar surface area (TPSA) is 15.3 Å². The molecule has 2 rings (SSSR count). The van der Waals surface area contributed by atoms with Crippen LogP contribution in [0.1, 0.15) is 40.5 Å². The molecule has 1 N–H and O–H groups in total. The second-order valence-corrected chi connectivity index (χ2v) is 6.15. The number of nitrogens with zero attached hydrogens (tertiary/aromatic N) is 1. The van der Waals surface area contributed by atoms with Crippen molar-refractivity contribution in [1.82, 2.24) is 10.2 Å². The number of piperidine rings is 1. The van der Waals surface area contributed by atoms with Gasteiger partial charge in [-0.25, -0.2) is 0 Å². The Hall–Kier alpha value is -0.0800. The molecule has 0 bridgehead atoms. The van der Waals surface area contributed by atoms with Gasteiger partial charge < -0.3 is 5.32 Å². The molecule has 0 radical (unpaired) electrons. The van der Waals surface area contributed by atoms with Gasteiger partial charge in [0.15, 0.2) is 0 Å². The number of likely N-dealkylation sites (tertiary alicyclic amines) is 1. The van der Waals surface area contributed by atoms with Crippen LogP contribution in [-0.2, 0) is 0 Å². The molecule has 2 saturated heterocycles. The minimum atomic E-state index is 0.773. The normalized spacial score (nSPS) is 46.1. The zero-order chi connectivity index (χ0) is 11.7. The van der Waals surface area contributed by atoms with E-state index in [2.05, 4.69) is 37.9 Å². The van der Waals surface area contributed by atoms with Crippen LogP contribution in [0.15, 0.2) is 0 Å². The predicted octanol–water partition coefficient (Wildman–Crippen LogP) is 2.35. The summed E-state index contributed by atoms with van der Waals surface area (Å²) in [5.74, 6) is 2.62. The average Bonchev–Trinajstić information content (AvgIpc) is 2.71. The summed E-state index contributed by atoms with van der Waals surface area (Å²) < 4.78 is 0. The van der Waals surface area contributed by atoms with Gasteiger partial charge in [-0.1, -0.05) is 27.2 Å². The van der Waals surface area contributed by atoms with Crippen molar-refractivity contribution >= 4 is 0 Å². The third kappa shape index (κ3) is 2.28. The highest BCUT2D eigenvalue weighted by Gasteiger charge is 2.38. The Bertz CT molecular complexity index is 229. The van der Waals surface area contributed by atoms with E-state index in [1.165, 1.54) is 32.5 Å². The molecule has 0 spiro atoms. The van der Waals surface area contributed by atoms with Crippen molar-refractivity contribution in [2.75, 3.05) is 19.6 Å². The molecule has 5 atom stereocenters. The highest BCUT2D eigenvalue weighted by molar-refractivity contribution is 4.94. The maximum absolute atomic E-state index is 3.58. The van der Waals surface area contributed by atoms with Gasteiger partial charge in [0.1, 0.15) is 0 Å². The van der Waals surface area contributed by atoms with Crippen molar-refractivity contribution in [2.24, 2.45) is 17.8 Å². The summed E-state index contributed by atoms with van der Waals surface area (Å²) in [4.78, 5) is 2.80. The molecule has 2 heterocycles. The first kappa shape index (κ1) is 12.4. The lowest BCUT2D eigenvalue weighted by molar-refractivity contribution is 0.0307. The largest absolute Gasteiger partial charge is 0.315 e. The number of hydrogen-bond acceptors (Lipinski definition) is 2. The van der Waals surface area contributed by atoms with Crippen LogP contribution >= 0.6 is 0 Å². The van der Waals surface area contributed by atoms with Gasteiger partial charge in [-0.3, -0.25) is 4.90 Å². The van der Waals surface area contributed by atoms with Gasteiger partial charge in [-0.15, -0.1) is 0 Å². The summed E-state index contributed by atoms with van der Waals surface area (Å²) in [6, 6.07) is 1.57. The molecular formula is C14H28N2. The van der Waals surface area contributed by atoms with E-state index in [1.807, 2.05) is 0 Å². The van der Waals surface area contributed by atoms with Crippen molar-refractivity contribution in [1.29, 1.82) is 0 Å². The molecule has 2 fully saturated rings. The average molecular weight is 224 g/mol. The Kier molecular flexibility index (Phi) is 3.91. The molecule has 94 valence electrons. The third-order valence-corrected chi connectivity index (χ3v) is 4.90. The predicted molar refractivity (Wildman–Crippen MR) is 69.6 cm³/mol. The minimum absolute atomic E-state index is 0.773. The number of nitrogens with one attached hydrogen (secondary N) is 1. The summed E-state index contributed by atoms with van der Waals surface area (Å²) in [7, 11) is 0. The van der Waals surface area contributed by atoms with Crippen molar-refractivity contribution < 1.29 is 0 Å². The Morgan fingerprint density at radius 2 is 1.94 bits per heavy atom.